The van der Waals surface area contributed by atoms with Crippen molar-refractivity contribution in [3.63, 3.8) is 0 Å². The molecule has 3 saturated heterocycles. The summed E-state index contributed by atoms with van der Waals surface area (Å²) in [6, 6.07) is 0. The highest BCUT2D eigenvalue weighted by Crippen LogP contribution is 2.41. The van der Waals surface area contributed by atoms with Crippen LogP contribution in [-0.4, -0.2) is 74.0 Å². The third-order valence-corrected chi connectivity index (χ3v) is 20.1. The minimum absolute atomic E-state index is 0.0240. The van der Waals surface area contributed by atoms with E-state index >= 15 is 0 Å². The number of nitrogens with one attached hydrogen (secondary N) is 3. The van der Waals surface area contributed by atoms with Crippen LogP contribution >= 0.6 is 0 Å². The minimum atomic E-state index is -0.397. The maximum Gasteiger partial charge on any atom is 0.306 e. The predicted octanol–water partition coefficient (Wildman–Crippen LogP) is 19.6. The quantitative estimate of drug-likeness (QED) is 0.0311. The molecule has 0 saturated carbocycles. The van der Waals surface area contributed by atoms with E-state index in [2.05, 4.69) is 64.4 Å². The summed E-state index contributed by atoms with van der Waals surface area (Å²) in [4.78, 5) is 40.0. The van der Waals surface area contributed by atoms with E-state index in [0.717, 1.165) is 129 Å². The van der Waals surface area contributed by atoms with E-state index < -0.39 is 5.60 Å². The Morgan fingerprint density at radius 1 is 0.333 bits per heavy atom. The monoisotopic (exact) mass is 1140 g/mol. The maximum atomic E-state index is 13.8. The Labute approximate surface area is 502 Å². The lowest BCUT2D eigenvalue weighted by molar-refractivity contribution is -0.169. The normalized spacial score (nSPS) is 18.3. The van der Waals surface area contributed by atoms with Crippen molar-refractivity contribution < 1.29 is 28.6 Å². The Morgan fingerprint density at radius 2 is 0.568 bits per heavy atom. The van der Waals surface area contributed by atoms with E-state index in [1.165, 1.54) is 199 Å². The number of hydrogen-bond donors (Lipinski definition) is 3. The summed E-state index contributed by atoms with van der Waals surface area (Å²) in [5.41, 5.74) is -1.14. The highest BCUT2D eigenvalue weighted by molar-refractivity contribution is 5.70. The van der Waals surface area contributed by atoms with Gasteiger partial charge in [-0.1, -0.05) is 239 Å². The van der Waals surface area contributed by atoms with Crippen molar-refractivity contribution in [3.05, 3.63) is 0 Å². The second kappa shape index (κ2) is 46.5. The van der Waals surface area contributed by atoms with Gasteiger partial charge in [-0.3, -0.25) is 14.4 Å². The molecule has 9 heteroatoms. The predicted molar refractivity (Wildman–Crippen MR) is 344 cm³/mol. The molecule has 0 aromatic rings. The number of carbonyl (C=O) groups is 3. The molecule has 3 fully saturated rings. The summed E-state index contributed by atoms with van der Waals surface area (Å²) < 4.78 is 19.4. The number of ether oxygens (including phenoxy) is 3. The van der Waals surface area contributed by atoms with Crippen LogP contribution in [0.5, 0.6) is 0 Å². The molecule has 4 unspecified atom stereocenters. The molecule has 9 nitrogen and oxygen atoms in total. The SMILES string of the molecule is CCCCCCCCCCCCCCC(=O)OC(C)(CC(CCCCC)CCCCCCCCCC(=O)OC(C)(CC(CCCCCC)CCCCCCCCCC(=O)OC(C)(C)C1CCNCC1)C1CCNCC1)C1CCNCC1. The fourth-order valence-electron chi connectivity index (χ4n) is 14.7. The molecular formula is C72H137N3O6. The number of esters is 3. The topological polar surface area (TPSA) is 115 Å². The van der Waals surface area contributed by atoms with Crippen LogP contribution in [-0.2, 0) is 28.6 Å². The standard InChI is InChI=1S/C72H137N3O6/c1-8-11-14-16-17-18-19-20-21-26-32-39-46-68(77)80-71(6,65-50-56-74-57-51-65)60-62(41-34-13-10-3)43-36-29-25-23-28-33-40-47-69(78)81-72(7,66-52-58-75-59-53-66)61-63(42-35-15-12-9-2)44-37-30-24-22-27-31-38-45-67(76)79-70(4,5)64-48-54-73-55-49-64/h62-66,73-75H,8-61H2,1-7H3. The lowest BCUT2D eigenvalue weighted by Crippen LogP contribution is -2.46. The number of carbonyl (C=O) groups excluding carboxylic acids is 3. The molecule has 3 aliphatic rings. The van der Waals surface area contributed by atoms with Gasteiger partial charge in [0.05, 0.1) is 0 Å². The first-order chi connectivity index (χ1) is 39.3. The van der Waals surface area contributed by atoms with Gasteiger partial charge in [0.2, 0.25) is 0 Å². The summed E-state index contributed by atoms with van der Waals surface area (Å²) in [6.45, 7) is 21.8. The Balaban J connectivity index is 1.38. The van der Waals surface area contributed by atoms with Crippen LogP contribution in [0.2, 0.25) is 0 Å². The van der Waals surface area contributed by atoms with Gasteiger partial charge in [-0.2, -0.15) is 0 Å². The van der Waals surface area contributed by atoms with Crippen LogP contribution in [0.1, 0.15) is 357 Å². The van der Waals surface area contributed by atoms with Crippen LogP contribution in [0.4, 0.5) is 0 Å². The van der Waals surface area contributed by atoms with E-state index in [-0.39, 0.29) is 29.1 Å². The van der Waals surface area contributed by atoms with E-state index in [9.17, 15) is 14.4 Å². The minimum Gasteiger partial charge on any atom is -0.459 e. The zero-order chi connectivity index (χ0) is 58.5. The number of piperidine rings is 3. The number of rotatable bonds is 52. The van der Waals surface area contributed by atoms with Crippen LogP contribution in [0, 0.1) is 29.6 Å². The number of hydrogen-bond acceptors (Lipinski definition) is 9. The summed E-state index contributed by atoms with van der Waals surface area (Å²) in [5.74, 6) is 2.55. The van der Waals surface area contributed by atoms with Gasteiger partial charge in [0.15, 0.2) is 0 Å². The van der Waals surface area contributed by atoms with Crippen LogP contribution in [0.15, 0.2) is 0 Å². The average molecular weight is 1140 g/mol. The molecule has 4 atom stereocenters. The maximum absolute atomic E-state index is 13.8. The first-order valence-corrected chi connectivity index (χ1v) is 36.1. The highest BCUT2D eigenvalue weighted by atomic mass is 16.6. The molecule has 3 heterocycles. The van der Waals surface area contributed by atoms with Gasteiger partial charge in [0.1, 0.15) is 16.8 Å². The molecule has 0 aromatic heterocycles. The molecule has 3 N–H and O–H groups in total. The van der Waals surface area contributed by atoms with Gasteiger partial charge in [-0.15, -0.1) is 0 Å². The fourth-order valence-corrected chi connectivity index (χ4v) is 14.7. The third-order valence-electron chi connectivity index (χ3n) is 20.1. The van der Waals surface area contributed by atoms with Crippen LogP contribution in [0.3, 0.4) is 0 Å². The van der Waals surface area contributed by atoms with Crippen molar-refractivity contribution in [1.82, 2.24) is 16.0 Å². The van der Waals surface area contributed by atoms with Crippen LogP contribution < -0.4 is 16.0 Å². The molecule has 0 spiro atoms. The Kier molecular flexibility index (Phi) is 42.2. The number of unbranched alkanes of at least 4 members (excludes halogenated alkanes) is 28. The molecule has 0 amide bonds. The van der Waals surface area contributed by atoms with Crippen molar-refractivity contribution in [3.8, 4) is 0 Å². The van der Waals surface area contributed by atoms with Gasteiger partial charge in [-0.25, -0.2) is 0 Å². The van der Waals surface area contributed by atoms with Crippen molar-refractivity contribution >= 4 is 17.9 Å². The van der Waals surface area contributed by atoms with Crippen molar-refractivity contribution in [2.45, 2.75) is 373 Å². The van der Waals surface area contributed by atoms with Gasteiger partial charge >= 0.3 is 17.9 Å². The van der Waals surface area contributed by atoms with E-state index in [4.69, 9.17) is 14.2 Å². The van der Waals surface area contributed by atoms with Crippen molar-refractivity contribution in [1.29, 1.82) is 0 Å². The van der Waals surface area contributed by atoms with Gasteiger partial charge in [0.25, 0.3) is 0 Å². The third kappa shape index (κ3) is 34.9. The molecular weight excluding hydrogens is 1000 g/mol. The lowest BCUT2D eigenvalue weighted by Gasteiger charge is -2.42. The Morgan fingerprint density at radius 3 is 0.889 bits per heavy atom. The summed E-state index contributed by atoms with van der Waals surface area (Å²) in [7, 11) is 0. The molecule has 0 aromatic carbocycles. The van der Waals surface area contributed by atoms with E-state index in [1.54, 1.807) is 0 Å². The Bertz CT molecular complexity index is 1520. The average Bonchev–Trinajstić information content (AvgIpc) is 3.52. The summed E-state index contributed by atoms with van der Waals surface area (Å²) >= 11 is 0. The molecule has 476 valence electrons. The first-order valence-electron chi connectivity index (χ1n) is 36.1. The van der Waals surface area contributed by atoms with Gasteiger partial charge < -0.3 is 30.2 Å². The molecule has 3 rings (SSSR count). The zero-order valence-electron chi connectivity index (χ0n) is 55.0. The van der Waals surface area contributed by atoms with Gasteiger partial charge in [-0.05, 0) is 149 Å². The second-order valence-corrected chi connectivity index (χ2v) is 27.9. The zero-order valence-corrected chi connectivity index (χ0v) is 55.0. The highest BCUT2D eigenvalue weighted by Gasteiger charge is 2.42. The molecule has 0 radical (unpaired) electrons. The summed E-state index contributed by atoms with van der Waals surface area (Å²) in [5, 5.41) is 10.6. The molecule has 0 aliphatic carbocycles. The van der Waals surface area contributed by atoms with E-state index in [0.29, 0.717) is 48.9 Å². The molecule has 81 heavy (non-hydrogen) atoms. The second-order valence-electron chi connectivity index (χ2n) is 27.9. The van der Waals surface area contributed by atoms with Crippen molar-refractivity contribution in [2.24, 2.45) is 29.6 Å². The van der Waals surface area contributed by atoms with Crippen LogP contribution in [0.25, 0.3) is 0 Å². The first kappa shape index (κ1) is 73.5. The van der Waals surface area contributed by atoms with Gasteiger partial charge in [0, 0.05) is 37.0 Å². The smallest absolute Gasteiger partial charge is 0.306 e. The largest absolute Gasteiger partial charge is 0.459 e. The van der Waals surface area contributed by atoms with Crippen molar-refractivity contribution in [2.75, 3.05) is 39.3 Å². The fraction of sp³-hybridized carbons (Fsp3) is 0.958. The van der Waals surface area contributed by atoms with E-state index in [1.807, 2.05) is 0 Å². The molecule has 0 bridgehead atoms. The summed E-state index contributed by atoms with van der Waals surface area (Å²) in [6.07, 6.45) is 56.2. The lowest BCUT2D eigenvalue weighted by atomic mass is 9.74. The Hall–Kier alpha value is -1.71. The molecule has 3 aliphatic heterocycles.